The fraction of sp³-hybridized carbons (Fsp3) is 0.500. The highest BCUT2D eigenvalue weighted by Gasteiger charge is 2.42. The molecule has 158 valence electrons. The van der Waals surface area contributed by atoms with Crippen LogP contribution in [0.4, 0.5) is 5.82 Å². The van der Waals surface area contributed by atoms with Crippen molar-refractivity contribution in [2.45, 2.75) is 18.9 Å². The topological polar surface area (TPSA) is 93.6 Å². The molecule has 1 saturated carbocycles. The number of anilines is 1. The van der Waals surface area contributed by atoms with E-state index in [9.17, 15) is 4.79 Å². The van der Waals surface area contributed by atoms with E-state index >= 15 is 0 Å². The Morgan fingerprint density at radius 3 is 2.59 bits per heavy atom. The van der Waals surface area contributed by atoms with Gasteiger partial charge in [-0.25, -0.2) is 0 Å². The van der Waals surface area contributed by atoms with Gasteiger partial charge in [-0.2, -0.15) is 0 Å². The molecule has 7 nitrogen and oxygen atoms in total. The predicted octanol–water partition coefficient (Wildman–Crippen LogP) is 3.28. The average molecular weight is 441 g/mol. The fourth-order valence-electron chi connectivity index (χ4n) is 4.27. The Kier molecular flexibility index (Phi) is 7.05. The number of rotatable bonds is 6. The van der Waals surface area contributed by atoms with Crippen molar-refractivity contribution in [1.29, 1.82) is 0 Å². The van der Waals surface area contributed by atoms with E-state index in [0.29, 0.717) is 60.2 Å². The monoisotopic (exact) mass is 440 g/mol. The molecule has 2 bridgehead atoms. The van der Waals surface area contributed by atoms with Gasteiger partial charge in [0.15, 0.2) is 11.6 Å². The zero-order valence-corrected chi connectivity index (χ0v) is 17.8. The maximum Gasteiger partial charge on any atom is 0.261 e. The highest BCUT2D eigenvalue weighted by atomic mass is 35.5. The normalized spacial score (nSPS) is 23.0. The molecule has 0 spiro atoms. The van der Waals surface area contributed by atoms with Crippen LogP contribution in [0.1, 0.15) is 23.2 Å². The lowest BCUT2D eigenvalue weighted by atomic mass is 9.92. The number of piperidine rings is 1. The van der Waals surface area contributed by atoms with E-state index in [2.05, 4.69) is 10.5 Å². The van der Waals surface area contributed by atoms with Gasteiger partial charge >= 0.3 is 0 Å². The van der Waals surface area contributed by atoms with Gasteiger partial charge in [-0.05, 0) is 48.9 Å². The van der Waals surface area contributed by atoms with Gasteiger partial charge in [0.1, 0.15) is 5.56 Å². The number of nitrogens with zero attached hydrogens (tertiary/aromatic N) is 2. The van der Waals surface area contributed by atoms with E-state index < -0.39 is 0 Å². The first kappa shape index (κ1) is 21.9. The summed E-state index contributed by atoms with van der Waals surface area (Å²) in [6.07, 6.45) is 2.17. The molecule has 2 heterocycles. The Balaban J connectivity index is 0.00000240. The Bertz CT molecular complexity index is 829. The van der Waals surface area contributed by atoms with Gasteiger partial charge < -0.3 is 25.2 Å². The van der Waals surface area contributed by atoms with E-state index in [1.54, 1.807) is 19.2 Å². The molecule has 1 aliphatic carbocycles. The van der Waals surface area contributed by atoms with Crippen LogP contribution in [0, 0.1) is 11.8 Å². The number of halogens is 2. The maximum absolute atomic E-state index is 13.5. The molecule has 3 N–H and O–H groups in total. The van der Waals surface area contributed by atoms with E-state index in [4.69, 9.17) is 26.6 Å². The lowest BCUT2D eigenvalue weighted by Crippen LogP contribution is -2.50. The van der Waals surface area contributed by atoms with Crippen molar-refractivity contribution in [1.82, 2.24) is 10.1 Å². The molecule has 2 fully saturated rings. The van der Waals surface area contributed by atoms with Gasteiger partial charge in [0.2, 0.25) is 0 Å². The molecule has 4 rings (SSSR count). The van der Waals surface area contributed by atoms with Crippen LogP contribution in [0.25, 0.3) is 11.3 Å². The molecular weight excluding hydrogens is 415 g/mol. The van der Waals surface area contributed by atoms with Crippen molar-refractivity contribution in [3.8, 4) is 11.3 Å². The number of nitrogens with two attached hydrogens (primary N) is 1. The summed E-state index contributed by atoms with van der Waals surface area (Å²) >= 11 is 6.01. The molecule has 1 amide bonds. The van der Waals surface area contributed by atoms with Gasteiger partial charge in [-0.15, -0.1) is 12.4 Å². The van der Waals surface area contributed by atoms with Gasteiger partial charge in [-0.1, -0.05) is 16.8 Å². The summed E-state index contributed by atoms with van der Waals surface area (Å²) in [6.45, 7) is 2.39. The number of fused-ring (bicyclic) bond motifs is 2. The fourth-order valence-corrected chi connectivity index (χ4v) is 4.39. The number of aromatic nitrogens is 1. The minimum Gasteiger partial charge on any atom is -0.383 e. The molecule has 2 aliphatic rings. The van der Waals surface area contributed by atoms with E-state index in [1.165, 1.54) is 0 Å². The second-order valence-corrected chi connectivity index (χ2v) is 7.98. The van der Waals surface area contributed by atoms with Crippen LogP contribution in [0.2, 0.25) is 5.02 Å². The first-order valence-electron chi connectivity index (χ1n) is 9.61. The van der Waals surface area contributed by atoms with Crippen LogP contribution in [0.3, 0.4) is 0 Å². The summed E-state index contributed by atoms with van der Waals surface area (Å²) in [5.41, 5.74) is 7.52. The van der Waals surface area contributed by atoms with Crippen molar-refractivity contribution in [2.75, 3.05) is 38.7 Å². The van der Waals surface area contributed by atoms with Gasteiger partial charge in [-0.3, -0.25) is 4.79 Å². The van der Waals surface area contributed by atoms with Gasteiger partial charge in [0.05, 0.1) is 6.61 Å². The van der Waals surface area contributed by atoms with Crippen molar-refractivity contribution in [2.24, 2.45) is 17.6 Å². The van der Waals surface area contributed by atoms with Gasteiger partial charge in [0.25, 0.3) is 5.91 Å². The summed E-state index contributed by atoms with van der Waals surface area (Å²) in [5.74, 6) is 1.55. The third kappa shape index (κ3) is 4.38. The molecule has 3 atom stereocenters. The SMILES string of the molecule is COCCNc1noc(-c2ccc(Cl)cc2)c1C(=O)N1C[C@H]2CC[C@@H](C1)C2N.Cl. The summed E-state index contributed by atoms with van der Waals surface area (Å²) in [6, 6.07) is 7.39. The number of carbonyl (C=O) groups is 1. The Morgan fingerprint density at radius 2 is 1.97 bits per heavy atom. The third-order valence-electron chi connectivity index (χ3n) is 5.80. The molecule has 1 saturated heterocycles. The molecule has 1 aromatic carbocycles. The second-order valence-electron chi connectivity index (χ2n) is 7.55. The number of benzene rings is 1. The minimum absolute atomic E-state index is 0. The van der Waals surface area contributed by atoms with Crippen LogP contribution in [0.15, 0.2) is 28.8 Å². The number of nitrogens with one attached hydrogen (secondary N) is 1. The Hall–Kier alpha value is -1.80. The zero-order chi connectivity index (χ0) is 19.7. The average Bonchev–Trinajstić information content (AvgIpc) is 3.17. The second kappa shape index (κ2) is 9.34. The molecule has 9 heteroatoms. The number of ether oxygens (including phenoxy) is 1. The number of hydrogen-bond donors (Lipinski definition) is 2. The highest BCUT2D eigenvalue weighted by molar-refractivity contribution is 6.30. The first-order chi connectivity index (χ1) is 13.6. The number of amides is 1. The molecule has 1 aliphatic heterocycles. The van der Waals surface area contributed by atoms with Crippen molar-refractivity contribution in [3.05, 3.63) is 34.9 Å². The largest absolute Gasteiger partial charge is 0.383 e. The van der Waals surface area contributed by atoms with E-state index in [0.717, 1.165) is 18.4 Å². The van der Waals surface area contributed by atoms with E-state index in [-0.39, 0.29) is 24.4 Å². The van der Waals surface area contributed by atoms with Crippen molar-refractivity contribution in [3.63, 3.8) is 0 Å². The minimum atomic E-state index is -0.0742. The van der Waals surface area contributed by atoms with Crippen LogP contribution in [0.5, 0.6) is 0 Å². The standard InChI is InChI=1S/C20H25ClN4O3.ClH/c1-27-9-8-23-19-16(18(28-24-19)12-4-6-15(21)7-5-12)20(26)25-10-13-2-3-14(11-25)17(13)22;/h4-7,13-14,17H,2-3,8-11,22H2,1H3,(H,23,24);1H/t13-,14+,17?;. The number of hydrogen-bond acceptors (Lipinski definition) is 6. The third-order valence-corrected chi connectivity index (χ3v) is 6.06. The Morgan fingerprint density at radius 1 is 1.31 bits per heavy atom. The van der Waals surface area contributed by atoms with Crippen LogP contribution in [-0.4, -0.2) is 55.4 Å². The lowest BCUT2D eigenvalue weighted by Gasteiger charge is -2.36. The van der Waals surface area contributed by atoms with E-state index in [1.807, 2.05) is 17.0 Å². The molecule has 29 heavy (non-hydrogen) atoms. The van der Waals surface area contributed by atoms with Crippen LogP contribution < -0.4 is 11.1 Å². The summed E-state index contributed by atoms with van der Waals surface area (Å²) < 4.78 is 10.7. The Labute approximate surface area is 181 Å². The molecule has 0 radical (unpaired) electrons. The van der Waals surface area contributed by atoms with Crippen molar-refractivity contribution >= 4 is 35.7 Å². The summed E-state index contributed by atoms with van der Waals surface area (Å²) in [4.78, 5) is 15.4. The predicted molar refractivity (Wildman–Crippen MR) is 115 cm³/mol. The van der Waals surface area contributed by atoms with Gasteiger partial charge in [0, 0.05) is 43.4 Å². The number of methoxy groups -OCH3 is 1. The molecule has 1 aromatic heterocycles. The van der Waals surface area contributed by atoms with Crippen molar-refractivity contribution < 1.29 is 14.1 Å². The highest BCUT2D eigenvalue weighted by Crippen LogP contribution is 2.38. The summed E-state index contributed by atoms with van der Waals surface area (Å²) in [5, 5.41) is 7.90. The lowest BCUT2D eigenvalue weighted by molar-refractivity contribution is 0.0638. The summed E-state index contributed by atoms with van der Waals surface area (Å²) in [7, 11) is 1.63. The first-order valence-corrected chi connectivity index (χ1v) is 9.99. The smallest absolute Gasteiger partial charge is 0.261 e. The molecule has 2 aromatic rings. The quantitative estimate of drug-likeness (QED) is 0.669. The zero-order valence-electron chi connectivity index (χ0n) is 16.3. The number of likely N-dealkylation sites (tertiary alicyclic amines) is 1. The molecule has 1 unspecified atom stereocenters. The van der Waals surface area contributed by atoms with Crippen LogP contribution >= 0.6 is 24.0 Å². The number of carbonyl (C=O) groups excluding carboxylic acids is 1. The maximum atomic E-state index is 13.5. The van der Waals surface area contributed by atoms with Crippen LogP contribution in [-0.2, 0) is 4.74 Å². The molecular formula is C20H26Cl2N4O3.